The lowest BCUT2D eigenvalue weighted by molar-refractivity contribution is -0.280. The van der Waals surface area contributed by atoms with Crippen LogP contribution in [-0.4, -0.2) is 58.4 Å². The number of Topliss-reactive ketones (excluding diaryl/α,β-unsaturated/α-hetero) is 1. The van der Waals surface area contributed by atoms with Crippen molar-refractivity contribution in [1.82, 2.24) is 0 Å². The number of aliphatic hydroxyl groups is 1. The van der Waals surface area contributed by atoms with Gasteiger partial charge in [0.15, 0.2) is 11.9 Å². The number of ether oxygens (including phenoxy) is 4. The van der Waals surface area contributed by atoms with Crippen LogP contribution in [-0.2, 0) is 33.3 Å². The molecule has 4 spiro atoms. The van der Waals surface area contributed by atoms with Gasteiger partial charge < -0.3 is 28.5 Å². The van der Waals surface area contributed by atoms with Gasteiger partial charge in [-0.3, -0.25) is 9.59 Å². The highest BCUT2D eigenvalue weighted by atomic mass is 16.7. The monoisotopic (exact) mass is 602 g/mol. The van der Waals surface area contributed by atoms with Gasteiger partial charge in [0.2, 0.25) is 0 Å². The second kappa shape index (κ2) is 6.93. The van der Waals surface area contributed by atoms with Gasteiger partial charge in [-0.25, -0.2) is 4.79 Å². The fourth-order valence-corrected chi connectivity index (χ4v) is 15.2. The summed E-state index contributed by atoms with van der Waals surface area (Å²) < 4.78 is 32.1. The second-order valence-electron chi connectivity index (χ2n) is 16.9. The Morgan fingerprint density at radius 2 is 1.86 bits per heavy atom. The van der Waals surface area contributed by atoms with Crippen LogP contribution in [0.1, 0.15) is 77.4 Å². The highest BCUT2D eigenvalue weighted by Crippen LogP contribution is 2.88. The fourth-order valence-electron chi connectivity index (χ4n) is 15.2. The Morgan fingerprint density at radius 1 is 1.02 bits per heavy atom. The van der Waals surface area contributed by atoms with Gasteiger partial charge in [0.1, 0.15) is 30.0 Å². The molecule has 9 heteroatoms. The largest absolute Gasteiger partial charge is 0.472 e. The molecule has 5 aliphatic heterocycles. The van der Waals surface area contributed by atoms with Gasteiger partial charge >= 0.3 is 11.9 Å². The number of aliphatic hydroxyl groups excluding tert-OH is 1. The molecule has 0 radical (unpaired) electrons. The van der Waals surface area contributed by atoms with Gasteiger partial charge in [0, 0.05) is 16.4 Å². The number of rotatable bonds is 1. The number of esters is 2. The number of fused-ring (bicyclic) bond motifs is 2. The van der Waals surface area contributed by atoms with Crippen molar-refractivity contribution in [3.8, 4) is 0 Å². The summed E-state index contributed by atoms with van der Waals surface area (Å²) in [5, 5.41) is 12.6. The summed E-state index contributed by atoms with van der Waals surface area (Å²) >= 11 is 0. The Balaban J connectivity index is 1.25. The van der Waals surface area contributed by atoms with Crippen molar-refractivity contribution >= 4 is 17.7 Å². The Labute approximate surface area is 255 Å². The maximum absolute atomic E-state index is 15.1. The van der Waals surface area contributed by atoms with E-state index in [9.17, 15) is 14.7 Å². The second-order valence-corrected chi connectivity index (χ2v) is 16.9. The maximum Gasteiger partial charge on any atom is 0.339 e. The van der Waals surface area contributed by atoms with Gasteiger partial charge in [0.05, 0.1) is 35.4 Å². The number of carbonyl (C=O) groups excluding carboxylic acids is 3. The predicted molar refractivity (Wildman–Crippen MR) is 148 cm³/mol. The highest BCUT2D eigenvalue weighted by molar-refractivity contribution is 5.93. The Kier molecular flexibility index (Phi) is 4.05. The average molecular weight is 603 g/mol. The molecule has 1 aromatic heterocycles. The van der Waals surface area contributed by atoms with Gasteiger partial charge in [-0.15, -0.1) is 0 Å². The summed E-state index contributed by atoms with van der Waals surface area (Å²) in [5.74, 6) is -1.98. The summed E-state index contributed by atoms with van der Waals surface area (Å²) in [6.45, 7) is 6.24. The van der Waals surface area contributed by atoms with Crippen molar-refractivity contribution in [2.45, 2.75) is 101 Å². The zero-order valence-corrected chi connectivity index (χ0v) is 25.3. The molecule has 5 aliphatic carbocycles. The van der Waals surface area contributed by atoms with Crippen LogP contribution in [0.15, 0.2) is 34.7 Å². The third-order valence-corrected chi connectivity index (χ3v) is 15.8. The van der Waals surface area contributed by atoms with E-state index < -0.39 is 69.2 Å². The van der Waals surface area contributed by atoms with Crippen molar-refractivity contribution in [2.75, 3.05) is 6.61 Å². The fraction of sp³-hybridized carbons (Fsp3) is 0.743. The summed E-state index contributed by atoms with van der Waals surface area (Å²) in [4.78, 5) is 43.1. The SMILES string of the molecule is C[C@]12[C@H](O)C(=O)[C@H]3[C@]45COC(=O)[C@H]6[C@@]7(CCC[C@H]7CC7=CC[C@]3(C)O[C@@]764)C[C@H](C[C@@]3(C)[C@H](c4ccoc4)OC(=O)[C@H]4O[C@@]413)[C@@H]25. The lowest BCUT2D eigenvalue weighted by Gasteiger charge is -2.70. The molecular formula is C35H38O9. The van der Waals surface area contributed by atoms with Crippen LogP contribution in [0.5, 0.6) is 0 Å². The van der Waals surface area contributed by atoms with E-state index >= 15 is 4.79 Å². The number of carbonyl (C=O) groups is 3. The van der Waals surface area contributed by atoms with E-state index in [4.69, 9.17) is 23.4 Å². The van der Waals surface area contributed by atoms with Crippen LogP contribution in [0.25, 0.3) is 0 Å². The number of hydrogen-bond acceptors (Lipinski definition) is 9. The molecule has 44 heavy (non-hydrogen) atoms. The minimum absolute atomic E-state index is 0.0137. The van der Waals surface area contributed by atoms with E-state index in [1.807, 2.05) is 19.9 Å². The molecule has 15 atom stereocenters. The molecule has 5 saturated carbocycles. The van der Waals surface area contributed by atoms with E-state index in [-0.39, 0.29) is 35.6 Å². The molecule has 0 amide bonds. The first-order valence-corrected chi connectivity index (χ1v) is 16.6. The molecule has 1 N–H and O–H groups in total. The van der Waals surface area contributed by atoms with E-state index in [1.165, 1.54) is 5.57 Å². The summed E-state index contributed by atoms with van der Waals surface area (Å²) in [5.41, 5.74) is -4.16. The Morgan fingerprint density at radius 3 is 2.66 bits per heavy atom. The van der Waals surface area contributed by atoms with Crippen molar-refractivity contribution in [3.63, 3.8) is 0 Å². The Hall–Kier alpha value is -2.49. The normalized spacial score (nSPS) is 61.5. The minimum atomic E-state index is -1.38. The molecule has 0 aromatic carbocycles. The number of epoxide rings is 1. The number of cyclic esters (lactones) is 2. The molecule has 5 bridgehead atoms. The zero-order valence-electron chi connectivity index (χ0n) is 25.3. The van der Waals surface area contributed by atoms with Gasteiger partial charge in [-0.05, 0) is 80.3 Å². The lowest BCUT2D eigenvalue weighted by Crippen LogP contribution is -2.80. The van der Waals surface area contributed by atoms with Gasteiger partial charge in [-0.1, -0.05) is 26.3 Å². The van der Waals surface area contributed by atoms with E-state index in [0.717, 1.165) is 37.7 Å². The van der Waals surface area contributed by atoms with Crippen LogP contribution < -0.4 is 0 Å². The Bertz CT molecular complexity index is 1650. The first-order valence-electron chi connectivity index (χ1n) is 16.6. The van der Waals surface area contributed by atoms with E-state index in [0.29, 0.717) is 18.8 Å². The first-order chi connectivity index (χ1) is 21.0. The van der Waals surface area contributed by atoms with Gasteiger partial charge in [0.25, 0.3) is 0 Å². The van der Waals surface area contributed by atoms with Crippen molar-refractivity contribution < 1.29 is 42.9 Å². The number of furan rings is 1. The summed E-state index contributed by atoms with van der Waals surface area (Å²) in [6, 6.07) is 1.83. The highest BCUT2D eigenvalue weighted by Gasteiger charge is 2.96. The quantitative estimate of drug-likeness (QED) is 0.290. The molecule has 6 heterocycles. The third kappa shape index (κ3) is 2.09. The van der Waals surface area contributed by atoms with Crippen LogP contribution in [0, 0.1) is 51.2 Å². The van der Waals surface area contributed by atoms with Crippen LogP contribution in [0.4, 0.5) is 0 Å². The van der Waals surface area contributed by atoms with E-state index in [2.05, 4.69) is 13.0 Å². The van der Waals surface area contributed by atoms with E-state index in [1.54, 1.807) is 12.5 Å². The molecule has 10 aliphatic rings. The molecule has 1 aromatic rings. The van der Waals surface area contributed by atoms with Crippen molar-refractivity contribution in [1.29, 1.82) is 0 Å². The molecular weight excluding hydrogens is 564 g/mol. The smallest absolute Gasteiger partial charge is 0.339 e. The van der Waals surface area contributed by atoms with Crippen molar-refractivity contribution in [3.05, 3.63) is 35.8 Å². The summed E-state index contributed by atoms with van der Waals surface area (Å²) in [7, 11) is 0. The lowest BCUT2D eigenvalue weighted by atomic mass is 9.33. The molecule has 9 nitrogen and oxygen atoms in total. The molecule has 9 fully saturated rings. The van der Waals surface area contributed by atoms with Crippen molar-refractivity contribution in [2.24, 2.45) is 51.2 Å². The topological polar surface area (TPSA) is 125 Å². The standard InChI is InChI=1S/C35H38O9/c1-29-12-17-13-32-8-4-5-18(32)11-19-6-9-30(2)22-20(36)24(37)31(3,21(17)33(22)15-41-27(38)23(32)34(19,33)44-30)35(29)26(43-35)28(39)42-25(29)16-7-10-40-14-16/h6-7,10,14,17-18,21-26,37H,4-5,8-9,11-13,15H2,1-3H3/t17-,18-,21-,22+,23-,24+,25-,26+,29-,30-,31-,32-,33+,34-,35+/m0/s1. The first kappa shape index (κ1) is 25.7. The molecule has 11 rings (SSSR count). The number of ketones is 1. The molecule has 232 valence electrons. The zero-order chi connectivity index (χ0) is 30.0. The predicted octanol–water partition coefficient (Wildman–Crippen LogP) is 3.83. The number of hydrogen-bond donors (Lipinski definition) is 1. The third-order valence-electron chi connectivity index (χ3n) is 15.8. The minimum Gasteiger partial charge on any atom is -0.472 e. The maximum atomic E-state index is 15.1. The van der Waals surface area contributed by atoms with Gasteiger partial charge in [-0.2, -0.15) is 0 Å². The average Bonchev–Trinajstić information content (AvgIpc) is 3.26. The van der Waals surface area contributed by atoms with Crippen LogP contribution in [0.3, 0.4) is 0 Å². The van der Waals surface area contributed by atoms with Crippen LogP contribution >= 0.6 is 0 Å². The summed E-state index contributed by atoms with van der Waals surface area (Å²) in [6.07, 6.45) is 8.52. The molecule has 4 saturated heterocycles. The van der Waals surface area contributed by atoms with Crippen LogP contribution in [0.2, 0.25) is 0 Å². The molecule has 0 unspecified atom stereocenters.